The summed E-state index contributed by atoms with van der Waals surface area (Å²) >= 11 is 0. The summed E-state index contributed by atoms with van der Waals surface area (Å²) in [7, 11) is 0. The Morgan fingerprint density at radius 1 is 0.864 bits per heavy atom. The van der Waals surface area contributed by atoms with Crippen LogP contribution in [0.3, 0.4) is 0 Å². The molecule has 0 amide bonds. The van der Waals surface area contributed by atoms with E-state index < -0.39 is 0 Å². The summed E-state index contributed by atoms with van der Waals surface area (Å²) in [6, 6.07) is 21.3. The van der Waals surface area contributed by atoms with Gasteiger partial charge in [0.05, 0.1) is 11.8 Å². The van der Waals surface area contributed by atoms with Crippen molar-refractivity contribution < 1.29 is 0 Å². The van der Waals surface area contributed by atoms with Gasteiger partial charge in [-0.3, -0.25) is 4.99 Å². The van der Waals surface area contributed by atoms with E-state index in [1.54, 1.807) is 0 Å². The van der Waals surface area contributed by atoms with Crippen LogP contribution in [-0.2, 0) is 0 Å². The van der Waals surface area contributed by atoms with Crippen LogP contribution in [0.2, 0.25) is 0 Å². The number of nitrogens with zero attached hydrogens (tertiary/aromatic N) is 1. The summed E-state index contributed by atoms with van der Waals surface area (Å²) in [4.78, 5) is 5.03. The van der Waals surface area contributed by atoms with E-state index >= 15 is 0 Å². The lowest BCUT2D eigenvalue weighted by atomic mass is 9.79. The van der Waals surface area contributed by atoms with E-state index in [1.165, 1.54) is 16.7 Å². The Morgan fingerprint density at radius 2 is 1.45 bits per heavy atom. The van der Waals surface area contributed by atoms with Crippen molar-refractivity contribution >= 4 is 5.71 Å². The third-order valence-corrected chi connectivity index (χ3v) is 4.24. The van der Waals surface area contributed by atoms with Gasteiger partial charge >= 0.3 is 0 Å². The highest BCUT2D eigenvalue weighted by Crippen LogP contribution is 2.38. The third kappa shape index (κ3) is 3.19. The summed E-state index contributed by atoms with van der Waals surface area (Å²) in [6.07, 6.45) is 3.29. The fourth-order valence-corrected chi connectivity index (χ4v) is 2.84. The standard InChI is InChI=1S/C21H23N/c1-21(2,3)18-14-19(16-10-6-4-7-11-16)22-20(15-18)17-12-8-5-9-13-17/h4-14,20H,15H2,1-3H3. The second-order valence-corrected chi connectivity index (χ2v) is 6.93. The summed E-state index contributed by atoms with van der Waals surface area (Å²) < 4.78 is 0. The first-order valence-electron chi connectivity index (χ1n) is 7.93. The Morgan fingerprint density at radius 3 is 2.05 bits per heavy atom. The summed E-state index contributed by atoms with van der Waals surface area (Å²) in [5, 5.41) is 0. The lowest BCUT2D eigenvalue weighted by Gasteiger charge is -2.30. The fourth-order valence-electron chi connectivity index (χ4n) is 2.84. The zero-order chi connectivity index (χ0) is 15.6. The molecule has 0 aromatic heterocycles. The van der Waals surface area contributed by atoms with E-state index in [-0.39, 0.29) is 11.5 Å². The molecule has 1 aliphatic heterocycles. The minimum absolute atomic E-state index is 0.170. The molecule has 1 unspecified atom stereocenters. The van der Waals surface area contributed by atoms with Crippen molar-refractivity contribution in [3.63, 3.8) is 0 Å². The van der Waals surface area contributed by atoms with Gasteiger partial charge in [0.15, 0.2) is 0 Å². The Balaban J connectivity index is 2.04. The Labute approximate surface area is 133 Å². The maximum Gasteiger partial charge on any atom is 0.0793 e. The molecule has 1 aliphatic rings. The molecule has 2 aromatic rings. The van der Waals surface area contributed by atoms with Crippen LogP contribution >= 0.6 is 0 Å². The molecule has 0 aliphatic carbocycles. The second kappa shape index (κ2) is 5.92. The van der Waals surface area contributed by atoms with Crippen molar-refractivity contribution in [2.75, 3.05) is 0 Å². The van der Waals surface area contributed by atoms with Crippen LogP contribution in [0.1, 0.15) is 44.4 Å². The molecule has 0 N–H and O–H groups in total. The topological polar surface area (TPSA) is 12.4 Å². The minimum atomic E-state index is 0.170. The van der Waals surface area contributed by atoms with Gasteiger partial charge in [-0.05, 0) is 29.0 Å². The number of rotatable bonds is 2. The molecule has 1 nitrogen and oxygen atoms in total. The summed E-state index contributed by atoms with van der Waals surface area (Å²) in [5.74, 6) is 0. The molecule has 1 atom stereocenters. The largest absolute Gasteiger partial charge is 0.276 e. The van der Waals surface area contributed by atoms with Gasteiger partial charge in [-0.2, -0.15) is 0 Å². The molecular formula is C21H23N. The summed E-state index contributed by atoms with van der Waals surface area (Å²) in [6.45, 7) is 6.86. The van der Waals surface area contributed by atoms with Crippen LogP contribution in [0.25, 0.3) is 0 Å². The van der Waals surface area contributed by atoms with Gasteiger partial charge in [0.1, 0.15) is 0 Å². The zero-order valence-electron chi connectivity index (χ0n) is 13.6. The van der Waals surface area contributed by atoms with Crippen molar-refractivity contribution in [1.82, 2.24) is 0 Å². The Kier molecular flexibility index (Phi) is 3.98. The van der Waals surface area contributed by atoms with E-state index in [0.29, 0.717) is 0 Å². The van der Waals surface area contributed by atoms with Gasteiger partial charge < -0.3 is 0 Å². The number of allylic oxidation sites excluding steroid dienone is 1. The molecule has 22 heavy (non-hydrogen) atoms. The minimum Gasteiger partial charge on any atom is -0.276 e. The molecule has 0 radical (unpaired) electrons. The van der Waals surface area contributed by atoms with Crippen LogP contribution in [-0.4, -0.2) is 5.71 Å². The SMILES string of the molecule is CC(C)(C)C1=CC(c2ccccc2)=NC(c2ccccc2)C1. The maximum absolute atomic E-state index is 5.03. The van der Waals surface area contributed by atoms with Gasteiger partial charge in [-0.15, -0.1) is 0 Å². The Hall–Kier alpha value is -2.15. The van der Waals surface area contributed by atoms with E-state index in [0.717, 1.165) is 12.1 Å². The van der Waals surface area contributed by atoms with Crippen molar-refractivity contribution in [1.29, 1.82) is 0 Å². The number of hydrogen-bond donors (Lipinski definition) is 0. The van der Waals surface area contributed by atoms with Gasteiger partial charge in [0.25, 0.3) is 0 Å². The first-order valence-corrected chi connectivity index (χ1v) is 7.93. The van der Waals surface area contributed by atoms with Crippen molar-refractivity contribution in [2.45, 2.75) is 33.2 Å². The summed E-state index contributed by atoms with van der Waals surface area (Å²) in [5.41, 5.74) is 5.24. The molecular weight excluding hydrogens is 266 g/mol. The molecule has 3 rings (SSSR count). The molecule has 1 heterocycles. The number of hydrogen-bond acceptors (Lipinski definition) is 1. The van der Waals surface area contributed by atoms with Crippen LogP contribution < -0.4 is 0 Å². The normalized spacial score (nSPS) is 18.6. The van der Waals surface area contributed by atoms with Gasteiger partial charge in [-0.25, -0.2) is 0 Å². The molecule has 1 heteroatoms. The van der Waals surface area contributed by atoms with Gasteiger partial charge in [0.2, 0.25) is 0 Å². The number of aliphatic imine (C=N–C) groups is 1. The number of benzene rings is 2. The molecule has 0 fully saturated rings. The van der Waals surface area contributed by atoms with Crippen LogP contribution in [0.4, 0.5) is 0 Å². The molecule has 0 spiro atoms. The fraction of sp³-hybridized carbons (Fsp3) is 0.286. The predicted octanol–water partition coefficient (Wildman–Crippen LogP) is 5.59. The van der Waals surface area contributed by atoms with E-state index in [2.05, 4.69) is 87.5 Å². The average molecular weight is 289 g/mol. The van der Waals surface area contributed by atoms with E-state index in [4.69, 9.17) is 4.99 Å². The monoisotopic (exact) mass is 289 g/mol. The quantitative estimate of drug-likeness (QED) is 0.683. The average Bonchev–Trinajstić information content (AvgIpc) is 2.55. The van der Waals surface area contributed by atoms with E-state index in [1.807, 2.05) is 0 Å². The molecule has 0 bridgehead atoms. The van der Waals surface area contributed by atoms with Crippen LogP contribution in [0.5, 0.6) is 0 Å². The zero-order valence-corrected chi connectivity index (χ0v) is 13.6. The highest BCUT2D eigenvalue weighted by molar-refractivity contribution is 6.09. The predicted molar refractivity (Wildman–Crippen MR) is 94.3 cm³/mol. The van der Waals surface area contributed by atoms with Crippen molar-refractivity contribution in [2.24, 2.45) is 10.4 Å². The van der Waals surface area contributed by atoms with Gasteiger partial charge in [0, 0.05) is 0 Å². The lowest BCUT2D eigenvalue weighted by molar-refractivity contribution is 0.464. The molecule has 2 aromatic carbocycles. The van der Waals surface area contributed by atoms with E-state index in [9.17, 15) is 0 Å². The van der Waals surface area contributed by atoms with Gasteiger partial charge in [-0.1, -0.05) is 87.0 Å². The molecule has 112 valence electrons. The highest BCUT2D eigenvalue weighted by Gasteiger charge is 2.26. The second-order valence-electron chi connectivity index (χ2n) is 6.93. The third-order valence-electron chi connectivity index (χ3n) is 4.24. The highest BCUT2D eigenvalue weighted by atomic mass is 14.8. The first-order chi connectivity index (χ1) is 10.5. The van der Waals surface area contributed by atoms with Crippen molar-refractivity contribution in [3.8, 4) is 0 Å². The maximum atomic E-state index is 5.03. The van der Waals surface area contributed by atoms with Crippen LogP contribution in [0.15, 0.2) is 77.3 Å². The Bertz CT molecular complexity index is 688. The molecule has 0 saturated heterocycles. The number of dihydropyridines is 1. The van der Waals surface area contributed by atoms with Crippen molar-refractivity contribution in [3.05, 3.63) is 83.4 Å². The van der Waals surface area contributed by atoms with Crippen LogP contribution in [0, 0.1) is 5.41 Å². The smallest absolute Gasteiger partial charge is 0.0793 e. The lowest BCUT2D eigenvalue weighted by Crippen LogP contribution is -2.18. The first kappa shape index (κ1) is 14.8. The molecule has 0 saturated carbocycles.